The molecule has 0 aliphatic heterocycles. The van der Waals surface area contributed by atoms with Crippen LogP contribution in [-0.4, -0.2) is 44.6 Å². The fraction of sp³-hybridized carbons (Fsp3) is 0.250. The number of carbonyl (C=O) groups excluding carboxylic acids is 1. The molecule has 3 aromatic rings. The number of rotatable bonds is 5. The third-order valence-corrected chi connectivity index (χ3v) is 3.87. The maximum Gasteiger partial charge on any atom is 0.401 e. The molecule has 11 heteroatoms. The van der Waals surface area contributed by atoms with E-state index >= 15 is 0 Å². The Labute approximate surface area is 156 Å². The summed E-state index contributed by atoms with van der Waals surface area (Å²) in [6.07, 6.45) is 1.57. The molecule has 3 heterocycles. The quantitative estimate of drug-likeness (QED) is 0.613. The molecule has 0 saturated carbocycles. The normalized spacial score (nSPS) is 12.9. The number of nitrogens with zero attached hydrogens (tertiary/aromatic N) is 3. The summed E-state index contributed by atoms with van der Waals surface area (Å²) < 4.78 is 36.7. The molecule has 0 unspecified atom stereocenters. The number of carbonyl (C=O) groups is 1. The van der Waals surface area contributed by atoms with Crippen molar-refractivity contribution in [3.8, 4) is 11.3 Å². The van der Waals surface area contributed by atoms with Gasteiger partial charge in [0.05, 0.1) is 35.7 Å². The number of nitrogens with one attached hydrogen (secondary N) is 3. The van der Waals surface area contributed by atoms with E-state index in [0.717, 1.165) is 5.39 Å². The van der Waals surface area contributed by atoms with Crippen molar-refractivity contribution >= 4 is 34.4 Å². The Morgan fingerprint density at radius 2 is 2.11 bits per heavy atom. The average Bonchev–Trinajstić information content (AvgIpc) is 3.02. The maximum absolute atomic E-state index is 12.2. The number of H-pyrrole nitrogens is 1. The lowest BCUT2D eigenvalue weighted by Crippen LogP contribution is -2.42. The molecule has 0 aliphatic carbocycles. The van der Waals surface area contributed by atoms with Crippen molar-refractivity contribution in [3.05, 3.63) is 35.9 Å². The summed E-state index contributed by atoms with van der Waals surface area (Å²) in [7, 11) is 0. The molecule has 3 aromatic heterocycles. The van der Waals surface area contributed by atoms with Gasteiger partial charge in [-0.3, -0.25) is 15.1 Å². The number of aromatic nitrogens is 4. The summed E-state index contributed by atoms with van der Waals surface area (Å²) in [4.78, 5) is 27.5. The summed E-state index contributed by atoms with van der Waals surface area (Å²) >= 11 is 5.98. The van der Waals surface area contributed by atoms with Crippen LogP contribution in [0.3, 0.4) is 0 Å². The zero-order valence-corrected chi connectivity index (χ0v) is 14.7. The van der Waals surface area contributed by atoms with Crippen molar-refractivity contribution in [1.82, 2.24) is 25.3 Å². The molecular weight excluding hydrogens is 385 g/mol. The molecule has 27 heavy (non-hydrogen) atoms. The topological polar surface area (TPSA) is 95.6 Å². The van der Waals surface area contributed by atoms with E-state index in [4.69, 9.17) is 11.6 Å². The highest BCUT2D eigenvalue weighted by Crippen LogP contribution is 2.28. The number of hydrogen-bond acceptors (Lipinski definition) is 5. The first kappa shape index (κ1) is 19.1. The van der Waals surface area contributed by atoms with Crippen LogP contribution in [0.5, 0.6) is 0 Å². The first-order valence-corrected chi connectivity index (χ1v) is 8.17. The maximum atomic E-state index is 12.2. The smallest absolute Gasteiger partial charge is 0.345 e. The number of fused-ring (bicyclic) bond motifs is 1. The van der Waals surface area contributed by atoms with Gasteiger partial charge in [0.1, 0.15) is 5.65 Å². The van der Waals surface area contributed by atoms with Crippen molar-refractivity contribution < 1.29 is 18.0 Å². The van der Waals surface area contributed by atoms with Crippen molar-refractivity contribution in [1.29, 1.82) is 0 Å². The third kappa shape index (κ3) is 4.72. The molecular formula is C16H14ClF3N6O. The molecule has 0 spiro atoms. The number of alkyl halides is 3. The van der Waals surface area contributed by atoms with E-state index in [2.05, 4.69) is 30.6 Å². The van der Waals surface area contributed by atoms with Crippen molar-refractivity contribution in [3.63, 3.8) is 0 Å². The average molecular weight is 399 g/mol. The highest BCUT2D eigenvalue weighted by molar-refractivity contribution is 6.31. The number of aromatic amines is 1. The van der Waals surface area contributed by atoms with Gasteiger partial charge in [-0.05, 0) is 13.0 Å². The Bertz CT molecular complexity index is 974. The van der Waals surface area contributed by atoms with Gasteiger partial charge in [0.25, 0.3) is 0 Å². The van der Waals surface area contributed by atoms with Crippen LogP contribution in [0, 0.1) is 0 Å². The number of pyridine rings is 1. The second-order valence-corrected chi connectivity index (χ2v) is 6.19. The minimum atomic E-state index is -4.40. The van der Waals surface area contributed by atoms with E-state index in [1.165, 1.54) is 25.5 Å². The Hall–Kier alpha value is -2.72. The van der Waals surface area contributed by atoms with Gasteiger partial charge in [0.2, 0.25) is 5.91 Å². The van der Waals surface area contributed by atoms with E-state index in [0.29, 0.717) is 21.9 Å². The van der Waals surface area contributed by atoms with Crippen molar-refractivity contribution in [2.45, 2.75) is 19.1 Å². The lowest BCUT2D eigenvalue weighted by atomic mass is 10.2. The third-order valence-electron chi connectivity index (χ3n) is 3.66. The molecule has 0 aromatic carbocycles. The van der Waals surface area contributed by atoms with Gasteiger partial charge in [0, 0.05) is 23.3 Å². The molecule has 3 rings (SSSR count). The zero-order chi connectivity index (χ0) is 19.6. The highest BCUT2D eigenvalue weighted by atomic mass is 35.5. The molecule has 142 valence electrons. The predicted molar refractivity (Wildman–Crippen MR) is 94.3 cm³/mol. The van der Waals surface area contributed by atoms with E-state index in [1.54, 1.807) is 12.3 Å². The Morgan fingerprint density at radius 3 is 2.85 bits per heavy atom. The van der Waals surface area contributed by atoms with Crippen LogP contribution in [0.15, 0.2) is 30.9 Å². The molecule has 7 nitrogen and oxygen atoms in total. The predicted octanol–water partition coefficient (Wildman–Crippen LogP) is 3.15. The molecule has 0 saturated heterocycles. The van der Waals surface area contributed by atoms with Gasteiger partial charge in [-0.2, -0.15) is 13.2 Å². The summed E-state index contributed by atoms with van der Waals surface area (Å²) in [5.74, 6) is -0.545. The molecule has 1 amide bonds. The first-order valence-electron chi connectivity index (χ1n) is 7.79. The Kier molecular flexibility index (Phi) is 5.29. The molecule has 3 N–H and O–H groups in total. The number of amides is 1. The van der Waals surface area contributed by atoms with Gasteiger partial charge in [-0.25, -0.2) is 9.97 Å². The second kappa shape index (κ2) is 7.49. The molecule has 0 fully saturated rings. The fourth-order valence-corrected chi connectivity index (χ4v) is 2.50. The minimum absolute atomic E-state index is 0.113. The first-order chi connectivity index (χ1) is 12.7. The molecule has 0 aliphatic rings. The van der Waals surface area contributed by atoms with Gasteiger partial charge >= 0.3 is 6.18 Å². The van der Waals surface area contributed by atoms with Gasteiger partial charge in [-0.1, -0.05) is 11.6 Å². The van der Waals surface area contributed by atoms with Crippen LogP contribution in [0.2, 0.25) is 5.02 Å². The van der Waals surface area contributed by atoms with Crippen LogP contribution in [0.4, 0.5) is 19.0 Å². The van der Waals surface area contributed by atoms with E-state index in [1.807, 2.05) is 0 Å². The lowest BCUT2D eigenvalue weighted by molar-refractivity contribution is -0.129. The van der Waals surface area contributed by atoms with E-state index in [9.17, 15) is 18.0 Å². The molecule has 1 atom stereocenters. The van der Waals surface area contributed by atoms with Crippen molar-refractivity contribution in [2.75, 3.05) is 11.9 Å². The summed E-state index contributed by atoms with van der Waals surface area (Å²) in [6.45, 7) is 0.0576. The zero-order valence-electron chi connectivity index (χ0n) is 13.9. The van der Waals surface area contributed by atoms with Crippen LogP contribution < -0.4 is 10.6 Å². The molecule has 0 radical (unpaired) electrons. The van der Waals surface area contributed by atoms with Gasteiger partial charge < -0.3 is 10.3 Å². The Balaban J connectivity index is 1.77. The van der Waals surface area contributed by atoms with Crippen LogP contribution >= 0.6 is 11.6 Å². The summed E-state index contributed by atoms with van der Waals surface area (Å²) in [6, 6.07) is 0.652. The van der Waals surface area contributed by atoms with E-state index in [-0.39, 0.29) is 5.82 Å². The fourth-order valence-electron chi connectivity index (χ4n) is 2.34. The van der Waals surface area contributed by atoms with Crippen molar-refractivity contribution in [2.24, 2.45) is 0 Å². The number of anilines is 1. The largest absolute Gasteiger partial charge is 0.401 e. The van der Waals surface area contributed by atoms with Crippen LogP contribution in [0.1, 0.15) is 6.92 Å². The SMILES string of the molecule is C[C@@H](NCC(F)(F)F)C(=O)Nc1cncc(-c2c[nH]c3ncc(Cl)cc23)n1. The second-order valence-electron chi connectivity index (χ2n) is 5.75. The monoisotopic (exact) mass is 398 g/mol. The van der Waals surface area contributed by atoms with Gasteiger partial charge in [0.15, 0.2) is 5.82 Å². The lowest BCUT2D eigenvalue weighted by Gasteiger charge is -2.15. The minimum Gasteiger partial charge on any atom is -0.345 e. The van der Waals surface area contributed by atoms with Crippen LogP contribution in [0.25, 0.3) is 22.3 Å². The molecule has 0 bridgehead atoms. The summed E-state index contributed by atoms with van der Waals surface area (Å²) in [5, 5.41) is 5.72. The van der Waals surface area contributed by atoms with Crippen LogP contribution in [-0.2, 0) is 4.79 Å². The van der Waals surface area contributed by atoms with Gasteiger partial charge in [-0.15, -0.1) is 0 Å². The number of halogens is 4. The summed E-state index contributed by atoms with van der Waals surface area (Å²) in [5.41, 5.74) is 1.72. The number of hydrogen-bond donors (Lipinski definition) is 3. The Morgan fingerprint density at radius 1 is 1.33 bits per heavy atom. The highest BCUT2D eigenvalue weighted by Gasteiger charge is 2.28. The standard InChI is InChI=1S/C16H14ClF3N6O/c1-8(24-7-16(18,19)20)15(27)26-13-6-21-5-12(25-13)11-4-23-14-10(11)2-9(17)3-22-14/h2-6,8,24H,7H2,1H3,(H,22,23)(H,25,26,27)/t8-/m1/s1. The van der Waals surface area contributed by atoms with E-state index < -0.39 is 24.7 Å².